The topological polar surface area (TPSA) is 6.25 Å². The van der Waals surface area contributed by atoms with Crippen LogP contribution in [0.1, 0.15) is 65.5 Å². The molecule has 0 saturated heterocycles. The Kier molecular flexibility index (Phi) is 7.21. The highest BCUT2D eigenvalue weighted by atomic mass is 32.2. The van der Waals surface area contributed by atoms with Crippen molar-refractivity contribution in [2.75, 3.05) is 18.0 Å². The number of benzene rings is 4. The van der Waals surface area contributed by atoms with Crippen LogP contribution in [0.2, 0.25) is 0 Å². The van der Waals surface area contributed by atoms with E-state index in [2.05, 4.69) is 154 Å². The van der Waals surface area contributed by atoms with E-state index in [9.17, 15) is 0 Å². The molecule has 222 valence electrons. The predicted octanol–water partition coefficient (Wildman–Crippen LogP) is 10.7. The van der Waals surface area contributed by atoms with Gasteiger partial charge < -0.3 is 4.90 Å². The molecule has 0 bridgehead atoms. The zero-order valence-electron chi connectivity index (χ0n) is 26.9. The average molecular weight is 596 g/mol. The molecule has 4 aromatic carbocycles. The molecule has 2 heterocycles. The van der Waals surface area contributed by atoms with Crippen LogP contribution in [0.25, 0.3) is 10.8 Å². The summed E-state index contributed by atoms with van der Waals surface area (Å²) in [6.07, 6.45) is 7.21. The molecule has 4 aromatic rings. The van der Waals surface area contributed by atoms with Crippen LogP contribution in [0.15, 0.2) is 130 Å². The van der Waals surface area contributed by atoms with E-state index < -0.39 is 0 Å². The Morgan fingerprint density at radius 2 is 1.45 bits per heavy atom. The Bertz CT molecular complexity index is 1910. The molecule has 3 heteroatoms. The van der Waals surface area contributed by atoms with Gasteiger partial charge in [0.05, 0.1) is 5.41 Å². The molecule has 1 aliphatic carbocycles. The van der Waals surface area contributed by atoms with Crippen molar-refractivity contribution in [3.05, 3.63) is 136 Å². The Morgan fingerprint density at radius 3 is 2.25 bits per heavy atom. The molecule has 2 aliphatic heterocycles. The Labute approximate surface area is 267 Å². The van der Waals surface area contributed by atoms with Crippen molar-refractivity contribution in [1.29, 1.82) is 0 Å². The molecule has 7 rings (SSSR count). The van der Waals surface area contributed by atoms with E-state index in [0.29, 0.717) is 0 Å². The van der Waals surface area contributed by atoms with Gasteiger partial charge in [-0.2, -0.15) is 4.58 Å². The summed E-state index contributed by atoms with van der Waals surface area (Å²) in [6, 6.07) is 33.5. The van der Waals surface area contributed by atoms with Gasteiger partial charge in [-0.15, -0.1) is 0 Å². The maximum atomic E-state index is 2.55. The minimum atomic E-state index is -0.0514. The number of hydrogen-bond acceptors (Lipinski definition) is 2. The van der Waals surface area contributed by atoms with Crippen molar-refractivity contribution in [2.45, 2.75) is 70.1 Å². The van der Waals surface area contributed by atoms with Crippen molar-refractivity contribution >= 4 is 39.6 Å². The van der Waals surface area contributed by atoms with Crippen LogP contribution >= 0.6 is 11.8 Å². The van der Waals surface area contributed by atoms with Gasteiger partial charge in [0.2, 0.25) is 5.69 Å². The minimum absolute atomic E-state index is 0.0514. The third-order valence-electron chi connectivity index (χ3n) is 10.1. The van der Waals surface area contributed by atoms with Gasteiger partial charge in [-0.3, -0.25) is 0 Å². The monoisotopic (exact) mass is 595 g/mol. The number of rotatable bonds is 6. The second-order valence-corrected chi connectivity index (χ2v) is 14.3. The fraction of sp³-hybridized carbons (Fsp3) is 0.293. The number of allylic oxidation sites excluding steroid dienone is 5. The highest BCUT2D eigenvalue weighted by Gasteiger charge is 2.44. The molecule has 0 fully saturated rings. The molecule has 0 radical (unpaired) electrons. The summed E-state index contributed by atoms with van der Waals surface area (Å²) in [5.41, 5.74) is 11.2. The first kappa shape index (κ1) is 28.9. The molecule has 0 saturated carbocycles. The van der Waals surface area contributed by atoms with E-state index >= 15 is 0 Å². The predicted molar refractivity (Wildman–Crippen MR) is 190 cm³/mol. The molecule has 0 unspecified atom stereocenters. The largest absolute Gasteiger partial charge is 0.344 e. The highest BCUT2D eigenvalue weighted by Crippen LogP contribution is 2.51. The Hall–Kier alpha value is -3.82. The molecule has 0 amide bonds. The fourth-order valence-electron chi connectivity index (χ4n) is 7.72. The summed E-state index contributed by atoms with van der Waals surface area (Å²) in [6.45, 7) is 16.1. The minimum Gasteiger partial charge on any atom is -0.344 e. The van der Waals surface area contributed by atoms with Gasteiger partial charge in [-0.25, -0.2) is 0 Å². The van der Waals surface area contributed by atoms with Crippen LogP contribution < -0.4 is 4.90 Å². The molecule has 44 heavy (non-hydrogen) atoms. The number of nitrogens with zero attached hydrogens (tertiary/aromatic N) is 2. The lowest BCUT2D eigenvalue weighted by Gasteiger charge is -2.26. The van der Waals surface area contributed by atoms with Crippen LogP contribution in [0.3, 0.4) is 0 Å². The van der Waals surface area contributed by atoms with E-state index in [1.165, 1.54) is 65.6 Å². The maximum absolute atomic E-state index is 2.55. The molecule has 3 aliphatic rings. The van der Waals surface area contributed by atoms with E-state index in [0.717, 1.165) is 25.9 Å². The number of thioether (sulfide) groups is 1. The molecular formula is C41H43N2S+. The quantitative estimate of drug-likeness (QED) is 0.205. The Balaban J connectivity index is 1.41. The van der Waals surface area contributed by atoms with E-state index in [-0.39, 0.29) is 10.8 Å². The summed E-state index contributed by atoms with van der Waals surface area (Å²) in [7, 11) is 0. The van der Waals surface area contributed by atoms with Crippen molar-refractivity contribution in [1.82, 2.24) is 0 Å². The molecular weight excluding hydrogens is 553 g/mol. The van der Waals surface area contributed by atoms with Crippen LogP contribution in [-0.4, -0.2) is 23.4 Å². The van der Waals surface area contributed by atoms with Gasteiger partial charge in [0, 0.05) is 50.9 Å². The lowest BCUT2D eigenvalue weighted by Crippen LogP contribution is -2.28. The third-order valence-corrected chi connectivity index (χ3v) is 11.4. The SMILES string of the molecule is CCN1C(=CC2=C(Sc3cccc4ccccc34)C(=CC3=[N+](CC)c4ccccc4C3(C)C)CC2)C(C)(C)c2ccccc21. The second-order valence-electron chi connectivity index (χ2n) is 13.3. The normalized spacial score (nSPS) is 20.4. The summed E-state index contributed by atoms with van der Waals surface area (Å²) in [4.78, 5) is 5.29. The second kappa shape index (κ2) is 11.0. The van der Waals surface area contributed by atoms with Crippen molar-refractivity contribution in [3.8, 4) is 0 Å². The van der Waals surface area contributed by atoms with E-state index in [1.54, 1.807) is 0 Å². The number of hydrogen-bond donors (Lipinski definition) is 0. The van der Waals surface area contributed by atoms with Gasteiger partial charge in [0.15, 0.2) is 5.71 Å². The standard InChI is InChI=1S/C41H43N2S/c1-7-42-34-21-13-11-19-32(34)40(3,4)37(42)26-29-24-25-30(39(29)44-36-23-15-17-28-16-9-10-18-31(28)36)27-38-41(5,6)33-20-12-14-22-35(33)43(38)8-2/h9-23,26-27H,7-8,24-25H2,1-6H3/q+1. The number of likely N-dealkylation sites (N-methyl/N-ethyl adjacent to an activating group) is 1. The van der Waals surface area contributed by atoms with Crippen LogP contribution in [-0.2, 0) is 10.8 Å². The average Bonchev–Trinajstić information content (AvgIpc) is 3.59. The third kappa shape index (κ3) is 4.51. The Morgan fingerprint density at radius 1 is 0.750 bits per heavy atom. The smallest absolute Gasteiger partial charge is 0.209 e. The maximum Gasteiger partial charge on any atom is 0.209 e. The molecule has 0 aromatic heterocycles. The molecule has 0 spiro atoms. The fourth-order valence-corrected chi connectivity index (χ4v) is 8.96. The molecule has 2 nitrogen and oxygen atoms in total. The lowest BCUT2D eigenvalue weighted by atomic mass is 9.81. The first-order valence-electron chi connectivity index (χ1n) is 16.2. The van der Waals surface area contributed by atoms with Crippen LogP contribution in [0.4, 0.5) is 11.4 Å². The van der Waals surface area contributed by atoms with Crippen molar-refractivity contribution < 1.29 is 4.58 Å². The number of para-hydroxylation sites is 2. The number of anilines is 1. The molecule has 0 N–H and O–H groups in total. The molecule has 0 atom stereocenters. The summed E-state index contributed by atoms with van der Waals surface area (Å²) < 4.78 is 2.54. The van der Waals surface area contributed by atoms with E-state index in [1.807, 2.05) is 11.8 Å². The van der Waals surface area contributed by atoms with Crippen LogP contribution in [0, 0.1) is 0 Å². The van der Waals surface area contributed by atoms with Crippen LogP contribution in [0.5, 0.6) is 0 Å². The van der Waals surface area contributed by atoms with Gasteiger partial charge in [-0.1, -0.05) is 98.4 Å². The zero-order valence-corrected chi connectivity index (χ0v) is 27.8. The van der Waals surface area contributed by atoms with Gasteiger partial charge in [-0.05, 0) is 86.2 Å². The first-order valence-corrected chi connectivity index (χ1v) is 17.0. The van der Waals surface area contributed by atoms with Gasteiger partial charge in [0.25, 0.3) is 0 Å². The van der Waals surface area contributed by atoms with Gasteiger partial charge in [0.1, 0.15) is 6.54 Å². The van der Waals surface area contributed by atoms with Gasteiger partial charge >= 0.3 is 0 Å². The van der Waals surface area contributed by atoms with Crippen molar-refractivity contribution in [3.63, 3.8) is 0 Å². The van der Waals surface area contributed by atoms with Crippen molar-refractivity contribution in [2.24, 2.45) is 0 Å². The van der Waals surface area contributed by atoms with E-state index in [4.69, 9.17) is 0 Å². The summed E-state index contributed by atoms with van der Waals surface area (Å²) >= 11 is 1.97. The summed E-state index contributed by atoms with van der Waals surface area (Å²) in [5, 5.41) is 2.62. The first-order chi connectivity index (χ1) is 21.3. The summed E-state index contributed by atoms with van der Waals surface area (Å²) in [5.74, 6) is 0. The lowest BCUT2D eigenvalue weighted by molar-refractivity contribution is -0.433. The zero-order chi connectivity index (χ0) is 30.6. The highest BCUT2D eigenvalue weighted by molar-refractivity contribution is 8.03. The number of fused-ring (bicyclic) bond motifs is 3.